The van der Waals surface area contributed by atoms with Crippen molar-refractivity contribution in [2.24, 2.45) is 0 Å². The highest BCUT2D eigenvalue weighted by Gasteiger charge is 2.35. The number of hydrogen-bond acceptors (Lipinski definition) is 7. The first kappa shape index (κ1) is 27.7. The van der Waals surface area contributed by atoms with Crippen molar-refractivity contribution in [2.75, 3.05) is 25.1 Å². The predicted octanol–water partition coefficient (Wildman–Crippen LogP) is 5.79. The van der Waals surface area contributed by atoms with E-state index in [4.69, 9.17) is 14.6 Å². The molecule has 7 nitrogen and oxygen atoms in total. The molecule has 0 aliphatic heterocycles. The van der Waals surface area contributed by atoms with Crippen molar-refractivity contribution in [3.8, 4) is 11.5 Å². The average Bonchev–Trinajstić information content (AvgIpc) is 3.65. The Hall–Kier alpha value is -3.32. The molecule has 0 amide bonds. The fourth-order valence-corrected chi connectivity index (χ4v) is 3.82. The second-order valence-electron chi connectivity index (χ2n) is 8.84. The van der Waals surface area contributed by atoms with E-state index in [1.807, 2.05) is 0 Å². The van der Waals surface area contributed by atoms with Gasteiger partial charge in [0.2, 0.25) is 0 Å². The van der Waals surface area contributed by atoms with Gasteiger partial charge in [0, 0.05) is 17.0 Å². The van der Waals surface area contributed by atoms with Crippen molar-refractivity contribution in [1.82, 2.24) is 9.97 Å². The summed E-state index contributed by atoms with van der Waals surface area (Å²) in [5, 5.41) is 12.1. The van der Waals surface area contributed by atoms with Gasteiger partial charge in [0.25, 0.3) is 5.92 Å². The number of aryl methyl sites for hydroxylation is 1. The number of ether oxygens (including phenoxy) is 3. The van der Waals surface area contributed by atoms with Crippen molar-refractivity contribution < 1.29 is 45.7 Å². The summed E-state index contributed by atoms with van der Waals surface area (Å²) in [4.78, 5) is 8.45. The SMILES string of the molecule is Cc1nc(N[C@H](C)c2cccc(C(F)(F)CO)c2F)c2cc(OCCOC3CC3)c(OC(F)(F)F)cc2n1. The molecule has 1 heterocycles. The van der Waals surface area contributed by atoms with Crippen LogP contribution in [0.4, 0.5) is 32.2 Å². The molecule has 0 bridgehead atoms. The smallest absolute Gasteiger partial charge is 0.487 e. The Labute approximate surface area is 213 Å². The maximum Gasteiger partial charge on any atom is 0.573 e. The topological polar surface area (TPSA) is 85.7 Å². The molecule has 0 radical (unpaired) electrons. The van der Waals surface area contributed by atoms with E-state index in [1.54, 1.807) is 0 Å². The van der Waals surface area contributed by atoms with Crippen molar-refractivity contribution in [3.05, 3.63) is 53.1 Å². The lowest BCUT2D eigenvalue weighted by Crippen LogP contribution is -2.22. The van der Waals surface area contributed by atoms with E-state index in [-0.39, 0.29) is 53.2 Å². The predicted molar refractivity (Wildman–Crippen MR) is 125 cm³/mol. The maximum atomic E-state index is 15.0. The number of hydrogen-bond donors (Lipinski definition) is 2. The maximum absolute atomic E-state index is 15.0. The van der Waals surface area contributed by atoms with Gasteiger partial charge in [-0.25, -0.2) is 14.4 Å². The molecule has 1 aliphatic rings. The van der Waals surface area contributed by atoms with Crippen LogP contribution in [0.5, 0.6) is 11.5 Å². The molecule has 1 aromatic heterocycles. The standard InChI is InChI=1S/C25H25F6N3O4/c1-13(16-4-3-5-18(22(16)26)24(27,28)12-35)32-23-17-10-20(37-9-8-36-15-6-7-15)21(38-25(29,30)31)11-19(17)33-14(2)34-23/h3-5,10-11,13,15,35H,6-9,12H2,1-2H3,(H,32,33,34)/t13-/m1/s1. The summed E-state index contributed by atoms with van der Waals surface area (Å²) in [5.41, 5.74) is -1.02. The summed E-state index contributed by atoms with van der Waals surface area (Å²) < 4.78 is 97.4. The molecule has 206 valence electrons. The number of rotatable bonds is 11. The molecule has 3 aromatic rings. The molecule has 0 spiro atoms. The number of fused-ring (bicyclic) bond motifs is 1. The number of benzene rings is 2. The van der Waals surface area contributed by atoms with Gasteiger partial charge >= 0.3 is 6.36 Å². The molecule has 2 aromatic carbocycles. The number of anilines is 1. The van der Waals surface area contributed by atoms with Crippen LogP contribution in [0.15, 0.2) is 30.3 Å². The Bertz CT molecular complexity index is 1300. The highest BCUT2D eigenvalue weighted by atomic mass is 19.4. The summed E-state index contributed by atoms with van der Waals surface area (Å²) in [6.45, 7) is 1.55. The van der Waals surface area contributed by atoms with Gasteiger partial charge in [-0.15, -0.1) is 13.2 Å². The molecular weight excluding hydrogens is 520 g/mol. The number of nitrogens with one attached hydrogen (secondary N) is 1. The van der Waals surface area contributed by atoms with Crippen molar-refractivity contribution in [1.29, 1.82) is 0 Å². The van der Waals surface area contributed by atoms with E-state index >= 15 is 0 Å². The number of aromatic nitrogens is 2. The van der Waals surface area contributed by atoms with Crippen LogP contribution in [0.1, 0.15) is 42.8 Å². The molecule has 13 heteroatoms. The quantitative estimate of drug-likeness (QED) is 0.233. The minimum Gasteiger partial charge on any atom is -0.487 e. The number of alkyl halides is 5. The van der Waals surface area contributed by atoms with Gasteiger partial charge in [0.15, 0.2) is 11.5 Å². The molecule has 0 saturated heterocycles. The van der Waals surface area contributed by atoms with Crippen LogP contribution in [0.3, 0.4) is 0 Å². The fourth-order valence-electron chi connectivity index (χ4n) is 3.82. The molecule has 1 fully saturated rings. The Morgan fingerprint density at radius 2 is 1.82 bits per heavy atom. The molecule has 1 aliphatic carbocycles. The third-order valence-electron chi connectivity index (χ3n) is 5.76. The van der Waals surface area contributed by atoms with E-state index in [1.165, 1.54) is 32.0 Å². The van der Waals surface area contributed by atoms with E-state index in [0.717, 1.165) is 25.0 Å². The van der Waals surface area contributed by atoms with Crippen LogP contribution < -0.4 is 14.8 Å². The molecule has 2 N–H and O–H groups in total. The summed E-state index contributed by atoms with van der Waals surface area (Å²) in [5.74, 6) is -5.56. The zero-order valence-electron chi connectivity index (χ0n) is 20.4. The number of halogens is 6. The molecule has 1 saturated carbocycles. The Morgan fingerprint density at radius 1 is 1.08 bits per heavy atom. The van der Waals surface area contributed by atoms with Crippen LogP contribution >= 0.6 is 0 Å². The first-order valence-electron chi connectivity index (χ1n) is 11.7. The number of nitrogens with zero attached hydrogens (tertiary/aromatic N) is 2. The fraction of sp³-hybridized carbons (Fsp3) is 0.440. The van der Waals surface area contributed by atoms with Crippen LogP contribution in [0.25, 0.3) is 10.9 Å². The number of aliphatic hydroxyl groups excluding tert-OH is 1. The van der Waals surface area contributed by atoms with Crippen LogP contribution in [-0.2, 0) is 10.7 Å². The summed E-state index contributed by atoms with van der Waals surface area (Å²) in [7, 11) is 0. The minimum absolute atomic E-state index is 0.0425. The Balaban J connectivity index is 1.68. The first-order valence-corrected chi connectivity index (χ1v) is 11.7. The van der Waals surface area contributed by atoms with Crippen LogP contribution in [0.2, 0.25) is 0 Å². The summed E-state index contributed by atoms with van der Waals surface area (Å²) in [6, 6.07) is 4.80. The Morgan fingerprint density at radius 3 is 2.47 bits per heavy atom. The molecule has 38 heavy (non-hydrogen) atoms. The minimum atomic E-state index is -4.99. The van der Waals surface area contributed by atoms with E-state index in [9.17, 15) is 26.3 Å². The molecule has 1 atom stereocenters. The Kier molecular flexibility index (Phi) is 7.88. The van der Waals surface area contributed by atoms with Crippen molar-refractivity contribution in [3.63, 3.8) is 0 Å². The van der Waals surface area contributed by atoms with Gasteiger partial charge < -0.3 is 24.6 Å². The first-order chi connectivity index (χ1) is 17.9. The van der Waals surface area contributed by atoms with Gasteiger partial charge in [-0.05, 0) is 38.8 Å². The monoisotopic (exact) mass is 545 g/mol. The highest BCUT2D eigenvalue weighted by Crippen LogP contribution is 2.39. The van der Waals surface area contributed by atoms with Gasteiger partial charge in [0.05, 0.1) is 29.8 Å². The van der Waals surface area contributed by atoms with Crippen molar-refractivity contribution >= 4 is 16.7 Å². The van der Waals surface area contributed by atoms with Crippen LogP contribution in [-0.4, -0.2) is 47.4 Å². The van der Waals surface area contributed by atoms with E-state index < -0.39 is 42.1 Å². The third kappa shape index (κ3) is 6.57. The lowest BCUT2D eigenvalue weighted by atomic mass is 10.00. The second-order valence-corrected chi connectivity index (χ2v) is 8.84. The number of aliphatic hydroxyl groups is 1. The van der Waals surface area contributed by atoms with Gasteiger partial charge in [0.1, 0.15) is 30.7 Å². The zero-order chi connectivity index (χ0) is 27.7. The zero-order valence-corrected chi connectivity index (χ0v) is 20.4. The van der Waals surface area contributed by atoms with Gasteiger partial charge in [-0.3, -0.25) is 0 Å². The highest BCUT2D eigenvalue weighted by molar-refractivity contribution is 5.92. The summed E-state index contributed by atoms with van der Waals surface area (Å²) >= 11 is 0. The molecular formula is C25H25F6N3O4. The lowest BCUT2D eigenvalue weighted by Gasteiger charge is -2.21. The van der Waals surface area contributed by atoms with E-state index in [2.05, 4.69) is 20.0 Å². The van der Waals surface area contributed by atoms with Gasteiger partial charge in [-0.2, -0.15) is 8.78 Å². The van der Waals surface area contributed by atoms with Crippen LogP contribution in [0, 0.1) is 12.7 Å². The largest absolute Gasteiger partial charge is 0.573 e. The van der Waals surface area contributed by atoms with Gasteiger partial charge in [-0.1, -0.05) is 12.1 Å². The second kappa shape index (κ2) is 10.8. The van der Waals surface area contributed by atoms with E-state index in [0.29, 0.717) is 0 Å². The molecule has 0 unspecified atom stereocenters. The molecule has 4 rings (SSSR count). The lowest BCUT2D eigenvalue weighted by molar-refractivity contribution is -0.275. The normalized spacial score (nSPS) is 15.0. The average molecular weight is 545 g/mol. The van der Waals surface area contributed by atoms with Crippen molar-refractivity contribution in [2.45, 2.75) is 51.1 Å². The summed E-state index contributed by atoms with van der Waals surface area (Å²) in [6.07, 6.45) is -3.02. The third-order valence-corrected chi connectivity index (χ3v) is 5.76.